The molecule has 1 aromatic rings. The van der Waals surface area contributed by atoms with Gasteiger partial charge in [0.25, 0.3) is 5.56 Å². The van der Waals surface area contributed by atoms with E-state index in [9.17, 15) is 4.79 Å². The fraction of sp³-hybridized carbons (Fsp3) is 0.500. The lowest BCUT2D eigenvalue weighted by molar-refractivity contribution is 0.367. The van der Waals surface area contributed by atoms with Gasteiger partial charge in [-0.25, -0.2) is 4.68 Å². The van der Waals surface area contributed by atoms with E-state index >= 15 is 0 Å². The van der Waals surface area contributed by atoms with Gasteiger partial charge in [-0.15, -0.1) is 0 Å². The Morgan fingerprint density at radius 1 is 1.67 bits per heavy atom. The number of nitrogen functional groups attached to an aromatic ring is 1. The minimum Gasteiger partial charge on any atom is -0.321 e. The molecule has 15 heavy (non-hydrogen) atoms. The van der Waals surface area contributed by atoms with E-state index in [2.05, 4.69) is 10.5 Å². The number of hydrogen-bond acceptors (Lipinski definition) is 5. The van der Waals surface area contributed by atoms with Gasteiger partial charge in [-0.2, -0.15) is 5.10 Å². The molecule has 0 aromatic carbocycles. The second kappa shape index (κ2) is 5.11. The quantitative estimate of drug-likeness (QED) is 0.552. The molecule has 6 nitrogen and oxygen atoms in total. The zero-order valence-electron chi connectivity index (χ0n) is 8.70. The van der Waals surface area contributed by atoms with Crippen molar-refractivity contribution in [3.8, 4) is 0 Å². The number of rotatable bonds is 4. The topological polar surface area (TPSA) is 76.2 Å². The van der Waals surface area contributed by atoms with Crippen LogP contribution in [0.4, 0.5) is 5.69 Å². The first-order valence-electron chi connectivity index (χ1n) is 4.43. The molecule has 0 spiro atoms. The Kier molecular flexibility index (Phi) is 4.07. The van der Waals surface area contributed by atoms with E-state index in [1.165, 1.54) is 10.9 Å². The summed E-state index contributed by atoms with van der Waals surface area (Å²) in [6.07, 6.45) is 1.43. The van der Waals surface area contributed by atoms with Crippen LogP contribution in [0.15, 0.2) is 11.0 Å². The number of anilines is 1. The molecule has 1 heterocycles. The molecule has 1 aromatic heterocycles. The van der Waals surface area contributed by atoms with Crippen molar-refractivity contribution < 1.29 is 0 Å². The summed E-state index contributed by atoms with van der Waals surface area (Å²) in [6.45, 7) is 1.22. The van der Waals surface area contributed by atoms with Crippen LogP contribution in [0.25, 0.3) is 0 Å². The van der Waals surface area contributed by atoms with Crippen molar-refractivity contribution in [2.24, 2.45) is 5.84 Å². The van der Waals surface area contributed by atoms with Gasteiger partial charge in [-0.3, -0.25) is 10.6 Å². The Morgan fingerprint density at radius 2 is 2.33 bits per heavy atom. The van der Waals surface area contributed by atoms with Crippen molar-refractivity contribution in [3.05, 3.63) is 21.6 Å². The third-order valence-electron chi connectivity index (χ3n) is 1.90. The molecule has 0 aliphatic heterocycles. The minimum absolute atomic E-state index is 0.0613. The van der Waals surface area contributed by atoms with Crippen LogP contribution in [0, 0.1) is 0 Å². The molecule has 84 valence electrons. The standard InChI is InChI=1S/C8H14ClN5O/c1-13(2)3-4-14-8(15)7(9)6(12-10)5-11-14/h5,12H,3-4,10H2,1-2H3. The van der Waals surface area contributed by atoms with Gasteiger partial charge in [-0.1, -0.05) is 11.6 Å². The Hall–Kier alpha value is -1.11. The molecule has 1 rings (SSSR count). The number of nitrogens with zero attached hydrogens (tertiary/aromatic N) is 3. The number of nitrogens with two attached hydrogens (primary N) is 1. The first-order chi connectivity index (χ1) is 7.06. The molecule has 0 unspecified atom stereocenters. The third-order valence-corrected chi connectivity index (χ3v) is 2.26. The zero-order chi connectivity index (χ0) is 11.4. The Morgan fingerprint density at radius 3 is 2.87 bits per heavy atom. The summed E-state index contributed by atoms with van der Waals surface area (Å²) in [6, 6.07) is 0. The summed E-state index contributed by atoms with van der Waals surface area (Å²) in [5.74, 6) is 5.16. The SMILES string of the molecule is CN(C)CCn1ncc(NN)c(Cl)c1=O. The Bertz CT molecular complexity index is 389. The van der Waals surface area contributed by atoms with Crippen LogP contribution in [-0.2, 0) is 6.54 Å². The summed E-state index contributed by atoms with van der Waals surface area (Å²) < 4.78 is 1.31. The normalized spacial score (nSPS) is 10.7. The van der Waals surface area contributed by atoms with E-state index in [1.54, 1.807) is 0 Å². The van der Waals surface area contributed by atoms with Crippen LogP contribution in [0.2, 0.25) is 5.02 Å². The highest BCUT2D eigenvalue weighted by molar-refractivity contribution is 6.32. The fourth-order valence-electron chi connectivity index (χ4n) is 1.02. The van der Waals surface area contributed by atoms with Gasteiger partial charge >= 0.3 is 0 Å². The molecule has 0 aliphatic carbocycles. The second-order valence-corrected chi connectivity index (χ2v) is 3.73. The van der Waals surface area contributed by atoms with Gasteiger partial charge in [0.05, 0.1) is 18.4 Å². The van der Waals surface area contributed by atoms with Gasteiger partial charge in [0, 0.05) is 6.54 Å². The summed E-state index contributed by atoms with van der Waals surface area (Å²) in [7, 11) is 3.84. The molecule has 0 bridgehead atoms. The molecular weight excluding hydrogens is 218 g/mol. The molecule has 0 atom stereocenters. The van der Waals surface area contributed by atoms with Crippen molar-refractivity contribution in [1.29, 1.82) is 0 Å². The molecule has 7 heteroatoms. The molecule has 0 fully saturated rings. The van der Waals surface area contributed by atoms with Gasteiger partial charge in [0.15, 0.2) is 0 Å². The minimum atomic E-state index is -0.339. The molecule has 0 aliphatic rings. The predicted octanol–water partition coefficient (Wildman–Crippen LogP) is -0.256. The number of likely N-dealkylation sites (N-methyl/N-ethyl adjacent to an activating group) is 1. The van der Waals surface area contributed by atoms with E-state index < -0.39 is 0 Å². The third kappa shape index (κ3) is 2.92. The van der Waals surface area contributed by atoms with Crippen molar-refractivity contribution >= 4 is 17.3 Å². The second-order valence-electron chi connectivity index (χ2n) is 3.35. The molecule has 3 N–H and O–H groups in total. The van der Waals surface area contributed by atoms with Crippen LogP contribution in [0.3, 0.4) is 0 Å². The largest absolute Gasteiger partial charge is 0.321 e. The molecule has 0 saturated carbocycles. The summed E-state index contributed by atoms with van der Waals surface area (Å²) in [4.78, 5) is 13.6. The first kappa shape index (κ1) is 12.0. The van der Waals surface area contributed by atoms with Crippen LogP contribution >= 0.6 is 11.6 Å². The van der Waals surface area contributed by atoms with Crippen molar-refractivity contribution in [2.75, 3.05) is 26.1 Å². The predicted molar refractivity (Wildman–Crippen MR) is 59.9 cm³/mol. The summed E-state index contributed by atoms with van der Waals surface area (Å²) in [5, 5.41) is 3.99. The molecule has 0 radical (unpaired) electrons. The lowest BCUT2D eigenvalue weighted by Crippen LogP contribution is -2.29. The highest BCUT2D eigenvalue weighted by Crippen LogP contribution is 2.12. The highest BCUT2D eigenvalue weighted by Gasteiger charge is 2.07. The fourth-order valence-corrected chi connectivity index (χ4v) is 1.22. The molecular formula is C8H14ClN5O. The number of nitrogens with one attached hydrogen (secondary N) is 1. The number of halogens is 1. The van der Waals surface area contributed by atoms with Gasteiger partial charge in [-0.05, 0) is 14.1 Å². The van der Waals surface area contributed by atoms with E-state index in [0.29, 0.717) is 12.2 Å². The van der Waals surface area contributed by atoms with Crippen molar-refractivity contribution in [1.82, 2.24) is 14.7 Å². The number of hydrazine groups is 1. The monoisotopic (exact) mass is 231 g/mol. The van der Waals surface area contributed by atoms with E-state index in [-0.39, 0.29) is 10.6 Å². The van der Waals surface area contributed by atoms with Crippen molar-refractivity contribution in [2.45, 2.75) is 6.54 Å². The van der Waals surface area contributed by atoms with Gasteiger partial charge in [0.2, 0.25) is 0 Å². The smallest absolute Gasteiger partial charge is 0.287 e. The molecule has 0 amide bonds. The average Bonchev–Trinajstić information content (AvgIpc) is 2.20. The number of aromatic nitrogens is 2. The van der Waals surface area contributed by atoms with Gasteiger partial charge < -0.3 is 10.3 Å². The maximum absolute atomic E-state index is 11.6. The van der Waals surface area contributed by atoms with Crippen LogP contribution in [0.1, 0.15) is 0 Å². The number of hydrogen-bond donors (Lipinski definition) is 2. The Labute approximate surface area is 92.6 Å². The summed E-state index contributed by atoms with van der Waals surface area (Å²) >= 11 is 5.78. The zero-order valence-corrected chi connectivity index (χ0v) is 9.45. The van der Waals surface area contributed by atoms with Crippen LogP contribution in [0.5, 0.6) is 0 Å². The van der Waals surface area contributed by atoms with Crippen LogP contribution in [-0.4, -0.2) is 35.3 Å². The molecule has 0 saturated heterocycles. The maximum Gasteiger partial charge on any atom is 0.287 e. The lowest BCUT2D eigenvalue weighted by Gasteiger charge is -2.11. The van der Waals surface area contributed by atoms with E-state index in [0.717, 1.165) is 6.54 Å². The maximum atomic E-state index is 11.6. The van der Waals surface area contributed by atoms with E-state index in [1.807, 2.05) is 19.0 Å². The highest BCUT2D eigenvalue weighted by atomic mass is 35.5. The van der Waals surface area contributed by atoms with E-state index in [4.69, 9.17) is 17.4 Å². The van der Waals surface area contributed by atoms with Crippen molar-refractivity contribution in [3.63, 3.8) is 0 Å². The first-order valence-corrected chi connectivity index (χ1v) is 4.81. The lowest BCUT2D eigenvalue weighted by atomic mass is 10.4. The Balaban J connectivity index is 2.92. The van der Waals surface area contributed by atoms with Gasteiger partial charge in [0.1, 0.15) is 5.02 Å². The summed E-state index contributed by atoms with van der Waals surface area (Å²) in [5.41, 5.74) is 2.31. The van der Waals surface area contributed by atoms with Crippen LogP contribution < -0.4 is 16.8 Å². The average molecular weight is 232 g/mol.